The minimum atomic E-state index is -0.727. The van der Waals surface area contributed by atoms with E-state index in [-0.39, 0.29) is 11.5 Å². The summed E-state index contributed by atoms with van der Waals surface area (Å²) in [4.78, 5) is 39.9. The average molecular weight is 420 g/mol. The third kappa shape index (κ3) is 4.45. The monoisotopic (exact) mass is 420 g/mol. The fraction of sp³-hybridized carbons (Fsp3) is 0.292. The molecule has 0 bridgehead atoms. The van der Waals surface area contributed by atoms with Gasteiger partial charge in [0.2, 0.25) is 5.91 Å². The molecule has 1 aromatic heterocycles. The van der Waals surface area contributed by atoms with Crippen molar-refractivity contribution in [2.75, 3.05) is 19.7 Å². The minimum absolute atomic E-state index is 0.0810. The number of nitrogens with one attached hydrogen (secondary N) is 1. The SMILES string of the molecule is CCCOc1ccc2cc(C(=O)N3CCNC(=O)[C@@H]3Cc3ccccc3)c(=O)oc2c1. The van der Waals surface area contributed by atoms with E-state index in [0.29, 0.717) is 42.8 Å². The minimum Gasteiger partial charge on any atom is -0.493 e. The first-order valence-electron chi connectivity index (χ1n) is 10.4. The molecule has 160 valence electrons. The lowest BCUT2D eigenvalue weighted by molar-refractivity contribution is -0.127. The Kier molecular flexibility index (Phi) is 6.02. The third-order valence-electron chi connectivity index (χ3n) is 5.27. The zero-order chi connectivity index (χ0) is 21.8. The molecule has 0 unspecified atom stereocenters. The number of rotatable bonds is 6. The van der Waals surface area contributed by atoms with E-state index in [4.69, 9.17) is 9.15 Å². The number of nitrogens with zero attached hydrogens (tertiary/aromatic N) is 1. The van der Waals surface area contributed by atoms with Gasteiger partial charge in [0.05, 0.1) is 6.61 Å². The lowest BCUT2D eigenvalue weighted by Gasteiger charge is -2.35. The molecule has 7 heteroatoms. The quantitative estimate of drug-likeness (QED) is 0.620. The number of piperazine rings is 1. The summed E-state index contributed by atoms with van der Waals surface area (Å²) in [6, 6.07) is 15.5. The van der Waals surface area contributed by atoms with Crippen molar-refractivity contribution >= 4 is 22.8 Å². The van der Waals surface area contributed by atoms with Gasteiger partial charge in [-0.2, -0.15) is 0 Å². The first-order chi connectivity index (χ1) is 15.1. The highest BCUT2D eigenvalue weighted by Gasteiger charge is 2.34. The van der Waals surface area contributed by atoms with Crippen LogP contribution in [0.25, 0.3) is 11.0 Å². The largest absolute Gasteiger partial charge is 0.493 e. The van der Waals surface area contributed by atoms with Crippen molar-refractivity contribution < 1.29 is 18.7 Å². The second-order valence-electron chi connectivity index (χ2n) is 7.49. The van der Waals surface area contributed by atoms with Crippen molar-refractivity contribution in [1.29, 1.82) is 0 Å². The number of carbonyl (C=O) groups excluding carboxylic acids is 2. The van der Waals surface area contributed by atoms with Gasteiger partial charge >= 0.3 is 5.63 Å². The molecular formula is C24H24N2O5. The Hall–Kier alpha value is -3.61. The van der Waals surface area contributed by atoms with Crippen LogP contribution in [0.1, 0.15) is 29.3 Å². The predicted molar refractivity (Wildman–Crippen MR) is 116 cm³/mol. The summed E-state index contributed by atoms with van der Waals surface area (Å²) in [6.45, 7) is 3.23. The fourth-order valence-corrected chi connectivity index (χ4v) is 3.70. The van der Waals surface area contributed by atoms with Crippen LogP contribution >= 0.6 is 0 Å². The van der Waals surface area contributed by atoms with Crippen molar-refractivity contribution in [3.63, 3.8) is 0 Å². The Bertz CT molecular complexity index is 1160. The first kappa shape index (κ1) is 20.7. The van der Waals surface area contributed by atoms with Crippen LogP contribution in [-0.2, 0) is 11.2 Å². The molecule has 4 rings (SSSR count). The Labute approximate surface area is 179 Å². The van der Waals surface area contributed by atoms with Gasteiger partial charge in [0.25, 0.3) is 5.91 Å². The van der Waals surface area contributed by atoms with Gasteiger partial charge in [-0.25, -0.2) is 4.79 Å². The molecule has 7 nitrogen and oxygen atoms in total. The highest BCUT2D eigenvalue weighted by atomic mass is 16.5. The number of hydrogen-bond acceptors (Lipinski definition) is 5. The van der Waals surface area contributed by atoms with Crippen molar-refractivity contribution in [3.8, 4) is 5.75 Å². The number of benzene rings is 2. The van der Waals surface area contributed by atoms with Crippen LogP contribution in [0.15, 0.2) is 63.8 Å². The summed E-state index contributed by atoms with van der Waals surface area (Å²) < 4.78 is 11.0. The smallest absolute Gasteiger partial charge is 0.349 e. The number of carbonyl (C=O) groups is 2. The van der Waals surface area contributed by atoms with Crippen LogP contribution in [0.5, 0.6) is 5.75 Å². The van der Waals surface area contributed by atoms with Gasteiger partial charge in [-0.05, 0) is 30.2 Å². The van der Waals surface area contributed by atoms with Crippen molar-refractivity contribution in [1.82, 2.24) is 10.2 Å². The van der Waals surface area contributed by atoms with Crippen LogP contribution in [0.2, 0.25) is 0 Å². The summed E-state index contributed by atoms with van der Waals surface area (Å²) >= 11 is 0. The van der Waals surface area contributed by atoms with Crippen molar-refractivity contribution in [3.05, 3.63) is 76.1 Å². The zero-order valence-electron chi connectivity index (χ0n) is 17.3. The standard InChI is InChI=1S/C24H24N2O5/c1-2-12-30-18-9-8-17-14-19(24(29)31-21(17)15-18)23(28)26-11-10-25-22(27)20(26)13-16-6-4-3-5-7-16/h3-9,14-15,20H,2,10-13H2,1H3,(H,25,27)/t20-/m0/s1. The van der Waals surface area contributed by atoms with Crippen LogP contribution in [0, 0.1) is 0 Å². The molecule has 31 heavy (non-hydrogen) atoms. The van der Waals surface area contributed by atoms with E-state index in [1.807, 2.05) is 37.3 Å². The Morgan fingerprint density at radius 2 is 1.97 bits per heavy atom. The van der Waals surface area contributed by atoms with Gasteiger partial charge in [-0.1, -0.05) is 37.3 Å². The Morgan fingerprint density at radius 1 is 1.16 bits per heavy atom. The number of ether oxygens (including phenoxy) is 1. The van der Waals surface area contributed by atoms with E-state index < -0.39 is 17.6 Å². The second kappa shape index (κ2) is 9.04. The van der Waals surface area contributed by atoms with Gasteiger partial charge in [0, 0.05) is 31.0 Å². The zero-order valence-corrected chi connectivity index (χ0v) is 17.3. The molecule has 0 radical (unpaired) electrons. The molecule has 1 saturated heterocycles. The molecule has 0 saturated carbocycles. The molecule has 1 N–H and O–H groups in total. The first-order valence-corrected chi connectivity index (χ1v) is 10.4. The van der Waals surface area contributed by atoms with E-state index in [0.717, 1.165) is 12.0 Å². The van der Waals surface area contributed by atoms with E-state index in [2.05, 4.69) is 5.32 Å². The molecule has 1 aliphatic rings. The summed E-state index contributed by atoms with van der Waals surface area (Å²) in [5, 5.41) is 3.43. The Balaban J connectivity index is 1.64. The highest BCUT2D eigenvalue weighted by Crippen LogP contribution is 2.22. The second-order valence-corrected chi connectivity index (χ2v) is 7.49. The van der Waals surface area contributed by atoms with Crippen molar-refractivity contribution in [2.45, 2.75) is 25.8 Å². The van der Waals surface area contributed by atoms with Crippen LogP contribution < -0.4 is 15.7 Å². The highest BCUT2D eigenvalue weighted by molar-refractivity contribution is 6.00. The summed E-state index contributed by atoms with van der Waals surface area (Å²) in [5.74, 6) is -0.128. The normalized spacial score (nSPS) is 16.2. The summed E-state index contributed by atoms with van der Waals surface area (Å²) in [5.41, 5.74) is 0.483. The van der Waals surface area contributed by atoms with Gasteiger partial charge in [0.15, 0.2) is 0 Å². The van der Waals surface area contributed by atoms with E-state index in [9.17, 15) is 14.4 Å². The predicted octanol–water partition coefficient (Wildman–Crippen LogP) is 2.77. The van der Waals surface area contributed by atoms with E-state index in [1.165, 1.54) is 11.0 Å². The van der Waals surface area contributed by atoms with Gasteiger partial charge in [-0.15, -0.1) is 0 Å². The molecule has 3 aromatic rings. The van der Waals surface area contributed by atoms with Crippen molar-refractivity contribution in [2.24, 2.45) is 0 Å². The maximum Gasteiger partial charge on any atom is 0.349 e. The number of amides is 2. The van der Waals surface area contributed by atoms with Crippen LogP contribution in [-0.4, -0.2) is 42.5 Å². The summed E-state index contributed by atoms with van der Waals surface area (Å²) in [6.07, 6.45) is 1.23. The maximum atomic E-state index is 13.3. The molecule has 1 aliphatic heterocycles. The van der Waals surface area contributed by atoms with Crippen LogP contribution in [0.3, 0.4) is 0 Å². The molecule has 1 atom stereocenters. The topological polar surface area (TPSA) is 88.9 Å². The molecule has 2 amide bonds. The molecule has 0 aliphatic carbocycles. The molecule has 2 heterocycles. The number of fused-ring (bicyclic) bond motifs is 1. The lowest BCUT2D eigenvalue weighted by atomic mass is 10.0. The number of hydrogen-bond donors (Lipinski definition) is 1. The molecule has 1 fully saturated rings. The van der Waals surface area contributed by atoms with Crippen LogP contribution in [0.4, 0.5) is 0 Å². The van der Waals surface area contributed by atoms with E-state index in [1.54, 1.807) is 18.2 Å². The molecular weight excluding hydrogens is 396 g/mol. The maximum absolute atomic E-state index is 13.3. The van der Waals surface area contributed by atoms with E-state index >= 15 is 0 Å². The Morgan fingerprint density at radius 3 is 2.74 bits per heavy atom. The average Bonchev–Trinajstić information content (AvgIpc) is 2.78. The lowest BCUT2D eigenvalue weighted by Crippen LogP contribution is -2.58. The third-order valence-corrected chi connectivity index (χ3v) is 5.27. The molecule has 0 spiro atoms. The fourth-order valence-electron chi connectivity index (χ4n) is 3.70. The van der Waals surface area contributed by atoms with Gasteiger partial charge in [0.1, 0.15) is 22.9 Å². The molecule has 2 aromatic carbocycles. The van der Waals surface area contributed by atoms with Gasteiger partial charge in [-0.3, -0.25) is 9.59 Å². The summed E-state index contributed by atoms with van der Waals surface area (Å²) in [7, 11) is 0. The van der Waals surface area contributed by atoms with Gasteiger partial charge < -0.3 is 19.4 Å².